The highest BCUT2D eigenvalue weighted by atomic mass is 32.1. The summed E-state index contributed by atoms with van der Waals surface area (Å²) in [5.74, 6) is 0.741. The highest BCUT2D eigenvalue weighted by molar-refractivity contribution is 7.13. The van der Waals surface area contributed by atoms with Gasteiger partial charge in [0.25, 0.3) is 11.8 Å². The summed E-state index contributed by atoms with van der Waals surface area (Å²) in [6.07, 6.45) is 1.49. The van der Waals surface area contributed by atoms with E-state index in [1.54, 1.807) is 11.3 Å². The Kier molecular flexibility index (Phi) is 6.65. The third-order valence-corrected chi connectivity index (χ3v) is 6.79. The van der Waals surface area contributed by atoms with Gasteiger partial charge in [-0.25, -0.2) is 0 Å². The van der Waals surface area contributed by atoms with E-state index in [1.165, 1.54) is 0 Å². The second-order valence-electron chi connectivity index (χ2n) is 8.09. The Bertz CT molecular complexity index is 1070. The van der Waals surface area contributed by atoms with Gasteiger partial charge in [-0.3, -0.25) is 9.59 Å². The van der Waals surface area contributed by atoms with Gasteiger partial charge in [0.15, 0.2) is 0 Å². The molecule has 168 valence electrons. The molecular formula is C25H29N3O3S. The van der Waals surface area contributed by atoms with Crippen LogP contribution in [0.25, 0.3) is 5.00 Å². The van der Waals surface area contributed by atoms with E-state index in [9.17, 15) is 9.59 Å². The average Bonchev–Trinajstić information content (AvgIpc) is 3.40. The van der Waals surface area contributed by atoms with Crippen LogP contribution in [0.5, 0.6) is 5.75 Å². The number of piperidine rings is 1. The molecule has 0 radical (unpaired) electrons. The van der Waals surface area contributed by atoms with Crippen LogP contribution in [-0.4, -0.2) is 47.0 Å². The van der Waals surface area contributed by atoms with E-state index in [0.29, 0.717) is 30.8 Å². The first-order valence-corrected chi connectivity index (χ1v) is 11.9. The normalized spacial score (nSPS) is 14.4. The van der Waals surface area contributed by atoms with Crippen molar-refractivity contribution in [1.82, 2.24) is 14.8 Å². The first-order valence-electron chi connectivity index (χ1n) is 11.0. The third-order valence-electron chi connectivity index (χ3n) is 5.89. The molecule has 1 fully saturated rings. The van der Waals surface area contributed by atoms with Crippen molar-refractivity contribution in [3.8, 4) is 10.8 Å². The molecule has 1 aliphatic rings. The first-order chi connectivity index (χ1) is 15.5. The minimum atomic E-state index is -0.0509. The number of carbonyl (C=O) groups is 2. The van der Waals surface area contributed by atoms with Crippen molar-refractivity contribution < 1.29 is 14.3 Å². The predicted molar refractivity (Wildman–Crippen MR) is 127 cm³/mol. The van der Waals surface area contributed by atoms with Gasteiger partial charge in [0, 0.05) is 36.1 Å². The van der Waals surface area contributed by atoms with Crippen LogP contribution in [0.2, 0.25) is 0 Å². The van der Waals surface area contributed by atoms with Crippen LogP contribution in [0.1, 0.15) is 51.9 Å². The number of nitrogens with zero attached hydrogens (tertiary/aromatic N) is 2. The predicted octanol–water partition coefficient (Wildman–Crippen LogP) is 4.59. The molecule has 0 spiro atoms. The van der Waals surface area contributed by atoms with Crippen LogP contribution in [0.15, 0.2) is 47.8 Å². The lowest BCUT2D eigenvalue weighted by atomic mass is 10.0. The Morgan fingerprint density at radius 2 is 1.69 bits per heavy atom. The van der Waals surface area contributed by atoms with Crippen LogP contribution in [0.4, 0.5) is 0 Å². The monoisotopic (exact) mass is 451 g/mol. The molecule has 1 N–H and O–H groups in total. The third kappa shape index (κ3) is 4.58. The van der Waals surface area contributed by atoms with Gasteiger partial charge in [0.05, 0.1) is 12.2 Å². The van der Waals surface area contributed by atoms with Crippen molar-refractivity contribution in [2.75, 3.05) is 19.7 Å². The zero-order valence-corrected chi connectivity index (χ0v) is 19.6. The summed E-state index contributed by atoms with van der Waals surface area (Å²) in [6, 6.07) is 13.4. The van der Waals surface area contributed by atoms with Gasteiger partial charge in [-0.05, 0) is 81.5 Å². The van der Waals surface area contributed by atoms with Gasteiger partial charge in [-0.15, -0.1) is 11.3 Å². The average molecular weight is 452 g/mol. The number of hydrogen-bond donors (Lipinski definition) is 1. The minimum absolute atomic E-state index is 0.0245. The summed E-state index contributed by atoms with van der Waals surface area (Å²) < 4.78 is 7.57. The number of thiophene rings is 1. The van der Waals surface area contributed by atoms with Crippen molar-refractivity contribution in [3.63, 3.8) is 0 Å². The number of ether oxygens (including phenoxy) is 1. The summed E-state index contributed by atoms with van der Waals surface area (Å²) in [4.78, 5) is 27.7. The molecule has 0 aliphatic carbocycles. The maximum absolute atomic E-state index is 13.0. The Morgan fingerprint density at radius 1 is 1.03 bits per heavy atom. The van der Waals surface area contributed by atoms with Gasteiger partial charge in [0.2, 0.25) is 0 Å². The Labute approximate surface area is 192 Å². The van der Waals surface area contributed by atoms with Crippen LogP contribution in [0.3, 0.4) is 0 Å². The van der Waals surface area contributed by atoms with Crippen molar-refractivity contribution in [2.45, 2.75) is 39.7 Å². The Morgan fingerprint density at radius 3 is 2.31 bits per heavy atom. The highest BCUT2D eigenvalue weighted by Gasteiger charge is 2.26. The number of carbonyl (C=O) groups excluding carboxylic acids is 2. The summed E-state index contributed by atoms with van der Waals surface area (Å²) in [6.45, 7) is 7.89. The Hall–Kier alpha value is -3.06. The van der Waals surface area contributed by atoms with E-state index in [2.05, 4.69) is 22.0 Å². The molecule has 3 heterocycles. The lowest BCUT2D eigenvalue weighted by Gasteiger charge is -2.32. The maximum atomic E-state index is 13.0. The largest absolute Gasteiger partial charge is 0.494 e. The molecule has 7 heteroatoms. The fourth-order valence-corrected chi connectivity index (χ4v) is 5.18. The second kappa shape index (κ2) is 9.61. The number of rotatable bonds is 6. The SMILES string of the molecule is CCOc1ccc(C(=O)N2CCC(NC(=O)c3ccsc3-n3c(C)ccc3C)CC2)cc1. The van der Waals surface area contributed by atoms with Gasteiger partial charge >= 0.3 is 0 Å². The van der Waals surface area contributed by atoms with Crippen molar-refractivity contribution in [1.29, 1.82) is 0 Å². The number of aryl methyl sites for hydroxylation is 2. The fourth-order valence-electron chi connectivity index (χ4n) is 4.17. The summed E-state index contributed by atoms with van der Waals surface area (Å²) in [5.41, 5.74) is 3.59. The first kappa shape index (κ1) is 22.1. The Balaban J connectivity index is 1.35. The molecule has 1 saturated heterocycles. The topological polar surface area (TPSA) is 63.6 Å². The van der Waals surface area contributed by atoms with Crippen LogP contribution in [0, 0.1) is 13.8 Å². The molecule has 0 saturated carbocycles. The van der Waals surface area contributed by atoms with Crippen molar-refractivity contribution in [2.24, 2.45) is 0 Å². The van der Waals surface area contributed by atoms with Gasteiger partial charge in [-0.2, -0.15) is 0 Å². The molecule has 1 aliphatic heterocycles. The molecule has 6 nitrogen and oxygen atoms in total. The van der Waals surface area contributed by atoms with Crippen molar-refractivity contribution >= 4 is 23.2 Å². The molecule has 4 rings (SSSR count). The fraction of sp³-hybridized carbons (Fsp3) is 0.360. The molecule has 2 aromatic heterocycles. The lowest BCUT2D eigenvalue weighted by molar-refractivity contribution is 0.0698. The zero-order chi connectivity index (χ0) is 22.7. The number of likely N-dealkylation sites (tertiary alicyclic amines) is 1. The van der Waals surface area contributed by atoms with E-state index < -0.39 is 0 Å². The molecule has 2 amide bonds. The van der Waals surface area contributed by atoms with Crippen LogP contribution < -0.4 is 10.1 Å². The molecule has 3 aromatic rings. The molecule has 0 unspecified atom stereocenters. The number of hydrogen-bond acceptors (Lipinski definition) is 4. The van der Waals surface area contributed by atoms with E-state index >= 15 is 0 Å². The van der Waals surface area contributed by atoms with Gasteiger partial charge in [-0.1, -0.05) is 0 Å². The quantitative estimate of drug-likeness (QED) is 0.596. The minimum Gasteiger partial charge on any atom is -0.494 e. The van der Waals surface area contributed by atoms with Crippen LogP contribution in [-0.2, 0) is 0 Å². The summed E-state index contributed by atoms with van der Waals surface area (Å²) >= 11 is 1.57. The van der Waals surface area contributed by atoms with E-state index in [4.69, 9.17) is 4.74 Å². The van der Waals surface area contributed by atoms with E-state index in [-0.39, 0.29) is 17.9 Å². The molecule has 0 bridgehead atoms. The van der Waals surface area contributed by atoms with Crippen molar-refractivity contribution in [3.05, 3.63) is 70.4 Å². The van der Waals surface area contributed by atoms with E-state index in [1.807, 2.05) is 61.4 Å². The van der Waals surface area contributed by atoms with E-state index in [0.717, 1.165) is 35.0 Å². The highest BCUT2D eigenvalue weighted by Crippen LogP contribution is 2.26. The lowest BCUT2D eigenvalue weighted by Crippen LogP contribution is -2.46. The maximum Gasteiger partial charge on any atom is 0.254 e. The molecule has 32 heavy (non-hydrogen) atoms. The number of aromatic nitrogens is 1. The smallest absolute Gasteiger partial charge is 0.254 e. The summed E-state index contributed by atoms with van der Waals surface area (Å²) in [7, 11) is 0. The molecule has 1 aromatic carbocycles. The summed E-state index contributed by atoms with van der Waals surface area (Å²) in [5, 5.41) is 6.09. The zero-order valence-electron chi connectivity index (χ0n) is 18.8. The number of amides is 2. The van der Waals surface area contributed by atoms with Crippen LogP contribution >= 0.6 is 11.3 Å². The number of benzene rings is 1. The second-order valence-corrected chi connectivity index (χ2v) is 8.98. The standard InChI is InChI=1S/C25H29N3O3S/c1-4-31-21-9-7-19(8-10-21)24(30)27-14-11-20(12-15-27)26-23(29)22-13-16-32-25(22)28-17(2)5-6-18(28)3/h5-10,13,16,20H,4,11-12,14-15H2,1-3H3,(H,26,29). The van der Waals surface area contributed by atoms with Gasteiger partial charge in [0.1, 0.15) is 10.8 Å². The molecular weight excluding hydrogens is 422 g/mol. The molecule has 0 atom stereocenters. The number of nitrogens with one attached hydrogen (secondary N) is 1. The van der Waals surface area contributed by atoms with Gasteiger partial charge < -0.3 is 19.5 Å².